The molecule has 154 valence electrons. The summed E-state index contributed by atoms with van der Waals surface area (Å²) >= 11 is 0. The summed E-state index contributed by atoms with van der Waals surface area (Å²) in [4.78, 5) is 17.1. The highest BCUT2D eigenvalue weighted by Crippen LogP contribution is 2.25. The van der Waals surface area contributed by atoms with Crippen LogP contribution in [0.25, 0.3) is 17.0 Å². The van der Waals surface area contributed by atoms with Crippen molar-refractivity contribution in [2.75, 3.05) is 18.4 Å². The van der Waals surface area contributed by atoms with Crippen LogP contribution in [0.2, 0.25) is 0 Å². The number of carbonyl (C=O) groups excluding carboxylic acids is 1. The molecule has 1 saturated heterocycles. The monoisotopic (exact) mass is 421 g/mol. The average Bonchev–Trinajstić information content (AvgIpc) is 2.79. The summed E-state index contributed by atoms with van der Waals surface area (Å²) in [5, 5.41) is 5.17. The third-order valence-electron chi connectivity index (χ3n) is 5.31. The molecule has 0 bridgehead atoms. The lowest BCUT2D eigenvalue weighted by Crippen LogP contribution is -2.40. The van der Waals surface area contributed by atoms with Gasteiger partial charge in [-0.25, -0.2) is 8.42 Å². The number of amides is 1. The van der Waals surface area contributed by atoms with E-state index in [4.69, 9.17) is 0 Å². The summed E-state index contributed by atoms with van der Waals surface area (Å²) in [6, 6.07) is 18.8. The fourth-order valence-corrected chi connectivity index (χ4v) is 4.85. The van der Waals surface area contributed by atoms with Crippen LogP contribution in [0.5, 0.6) is 0 Å². The molecule has 1 amide bonds. The third-order valence-corrected chi connectivity index (χ3v) is 6.87. The molecule has 1 fully saturated rings. The van der Waals surface area contributed by atoms with E-state index in [-0.39, 0.29) is 11.8 Å². The first kappa shape index (κ1) is 20.3. The van der Waals surface area contributed by atoms with Crippen molar-refractivity contribution in [1.82, 2.24) is 9.29 Å². The predicted octanol–water partition coefficient (Wildman–Crippen LogP) is 3.89. The fourth-order valence-electron chi connectivity index (χ4n) is 3.63. The molecule has 1 aliphatic heterocycles. The number of hydrogen-bond acceptors (Lipinski definition) is 4. The number of benzene rings is 2. The second kappa shape index (κ2) is 8.77. The molecular formula is C23H23N3O3S. The van der Waals surface area contributed by atoms with Gasteiger partial charge in [-0.3, -0.25) is 9.78 Å². The number of aromatic nitrogens is 1. The Labute approximate surface area is 176 Å². The Kier molecular flexibility index (Phi) is 5.92. The number of carbonyl (C=O) groups is 1. The lowest BCUT2D eigenvalue weighted by atomic mass is 9.97. The molecule has 7 heteroatoms. The molecule has 4 rings (SSSR count). The number of fused-ring (bicyclic) bond motifs is 1. The smallest absolute Gasteiger partial charge is 0.236 e. The lowest BCUT2D eigenvalue weighted by molar-refractivity contribution is -0.120. The zero-order valence-corrected chi connectivity index (χ0v) is 17.3. The van der Waals surface area contributed by atoms with E-state index in [1.807, 2.05) is 60.7 Å². The van der Waals surface area contributed by atoms with Crippen molar-refractivity contribution in [3.05, 3.63) is 77.8 Å². The fraction of sp³-hybridized carbons (Fsp3) is 0.217. The summed E-state index contributed by atoms with van der Waals surface area (Å²) in [5.74, 6) is -0.321. The number of nitrogens with one attached hydrogen (secondary N) is 1. The van der Waals surface area contributed by atoms with Gasteiger partial charge in [-0.1, -0.05) is 48.5 Å². The topological polar surface area (TPSA) is 79.4 Å². The molecule has 0 unspecified atom stereocenters. The summed E-state index contributed by atoms with van der Waals surface area (Å²) in [6.07, 6.45) is 4.27. The zero-order chi connectivity index (χ0) is 21.0. The van der Waals surface area contributed by atoms with Crippen LogP contribution >= 0.6 is 0 Å². The Balaban J connectivity index is 1.38. The van der Waals surface area contributed by atoms with E-state index in [9.17, 15) is 13.2 Å². The minimum absolute atomic E-state index is 0.0926. The van der Waals surface area contributed by atoms with Gasteiger partial charge in [0.1, 0.15) is 0 Å². The Morgan fingerprint density at radius 1 is 1.00 bits per heavy atom. The van der Waals surface area contributed by atoms with E-state index in [0.717, 1.165) is 16.5 Å². The van der Waals surface area contributed by atoms with Crippen molar-refractivity contribution in [3.8, 4) is 0 Å². The number of nitrogens with zero attached hydrogens (tertiary/aromatic N) is 2. The second-order valence-corrected chi connectivity index (χ2v) is 9.12. The minimum atomic E-state index is -3.51. The SMILES string of the molecule is O=C(Nc1cccc2cccnc12)C1CCN(S(=O)(=O)C=Cc2ccccc2)CC1. The maximum absolute atomic E-state index is 12.8. The predicted molar refractivity (Wildman–Crippen MR) is 119 cm³/mol. The minimum Gasteiger partial charge on any atom is -0.324 e. The molecule has 0 atom stereocenters. The van der Waals surface area contributed by atoms with E-state index in [0.29, 0.717) is 31.6 Å². The first-order valence-electron chi connectivity index (χ1n) is 9.91. The third kappa shape index (κ3) is 4.58. The molecule has 0 spiro atoms. The molecule has 2 heterocycles. The highest BCUT2D eigenvalue weighted by molar-refractivity contribution is 7.92. The summed E-state index contributed by atoms with van der Waals surface area (Å²) < 4.78 is 26.6. The largest absolute Gasteiger partial charge is 0.324 e. The van der Waals surface area contributed by atoms with Gasteiger partial charge in [0, 0.05) is 36.0 Å². The molecule has 0 radical (unpaired) electrons. The van der Waals surface area contributed by atoms with Crippen molar-refractivity contribution in [2.24, 2.45) is 5.92 Å². The van der Waals surface area contributed by atoms with E-state index in [2.05, 4.69) is 10.3 Å². The van der Waals surface area contributed by atoms with E-state index < -0.39 is 10.0 Å². The standard InChI is InChI=1S/C23H23N3O3S/c27-23(25-21-10-4-8-19-9-5-14-24-22(19)21)20-11-15-26(16-12-20)30(28,29)17-13-18-6-2-1-3-7-18/h1-10,13-14,17,20H,11-12,15-16H2,(H,25,27). The molecule has 1 aromatic heterocycles. The van der Waals surface area contributed by atoms with Crippen molar-refractivity contribution in [1.29, 1.82) is 0 Å². The Bertz CT molecular complexity index is 1160. The molecule has 30 heavy (non-hydrogen) atoms. The lowest BCUT2D eigenvalue weighted by Gasteiger charge is -2.29. The zero-order valence-electron chi connectivity index (χ0n) is 16.4. The molecular weight excluding hydrogens is 398 g/mol. The van der Waals surface area contributed by atoms with Gasteiger partial charge >= 0.3 is 0 Å². The molecule has 1 aliphatic rings. The number of anilines is 1. The van der Waals surface area contributed by atoms with Crippen LogP contribution in [0, 0.1) is 5.92 Å². The van der Waals surface area contributed by atoms with Gasteiger partial charge in [-0.05, 0) is 36.6 Å². The molecule has 0 aliphatic carbocycles. The van der Waals surface area contributed by atoms with Gasteiger partial charge in [0.2, 0.25) is 15.9 Å². The van der Waals surface area contributed by atoms with Crippen LogP contribution in [-0.2, 0) is 14.8 Å². The molecule has 2 aromatic carbocycles. The van der Waals surface area contributed by atoms with E-state index in [1.54, 1.807) is 12.3 Å². The van der Waals surface area contributed by atoms with Crippen LogP contribution in [-0.4, -0.2) is 36.7 Å². The summed E-state index contributed by atoms with van der Waals surface area (Å²) in [6.45, 7) is 0.653. The Morgan fingerprint density at radius 2 is 1.73 bits per heavy atom. The van der Waals surface area contributed by atoms with Gasteiger partial charge < -0.3 is 5.32 Å². The molecule has 0 saturated carbocycles. The van der Waals surface area contributed by atoms with Crippen molar-refractivity contribution < 1.29 is 13.2 Å². The van der Waals surface area contributed by atoms with Gasteiger partial charge in [0.25, 0.3) is 0 Å². The van der Waals surface area contributed by atoms with E-state index in [1.165, 1.54) is 9.71 Å². The number of rotatable bonds is 5. The second-order valence-electron chi connectivity index (χ2n) is 7.30. The number of pyridine rings is 1. The molecule has 1 N–H and O–H groups in total. The van der Waals surface area contributed by atoms with Crippen LogP contribution in [0.15, 0.2) is 72.3 Å². The highest BCUT2D eigenvalue weighted by Gasteiger charge is 2.30. The van der Waals surface area contributed by atoms with Crippen molar-refractivity contribution in [3.63, 3.8) is 0 Å². The van der Waals surface area contributed by atoms with Crippen LogP contribution in [0.4, 0.5) is 5.69 Å². The van der Waals surface area contributed by atoms with Gasteiger partial charge in [-0.15, -0.1) is 0 Å². The molecule has 3 aromatic rings. The first-order chi connectivity index (χ1) is 14.5. The average molecular weight is 422 g/mol. The number of hydrogen-bond donors (Lipinski definition) is 1. The maximum atomic E-state index is 12.8. The summed E-state index contributed by atoms with van der Waals surface area (Å²) in [7, 11) is -3.51. The summed E-state index contributed by atoms with van der Waals surface area (Å²) in [5.41, 5.74) is 2.26. The highest BCUT2D eigenvalue weighted by atomic mass is 32.2. The van der Waals surface area contributed by atoms with Crippen molar-refractivity contribution >= 4 is 38.6 Å². The first-order valence-corrected chi connectivity index (χ1v) is 11.4. The molecule has 6 nitrogen and oxygen atoms in total. The van der Waals surface area contributed by atoms with Gasteiger partial charge in [0.15, 0.2) is 0 Å². The maximum Gasteiger partial charge on any atom is 0.236 e. The van der Waals surface area contributed by atoms with Crippen LogP contribution in [0.3, 0.4) is 0 Å². The Morgan fingerprint density at radius 3 is 2.50 bits per heavy atom. The van der Waals surface area contributed by atoms with Gasteiger partial charge in [-0.2, -0.15) is 4.31 Å². The quantitative estimate of drug-likeness (QED) is 0.678. The van der Waals surface area contributed by atoms with Crippen LogP contribution in [0.1, 0.15) is 18.4 Å². The van der Waals surface area contributed by atoms with E-state index >= 15 is 0 Å². The van der Waals surface area contributed by atoms with Gasteiger partial charge in [0.05, 0.1) is 11.2 Å². The Hall–Kier alpha value is -3.03. The number of para-hydroxylation sites is 1. The number of sulfonamides is 1. The van der Waals surface area contributed by atoms with Crippen LogP contribution < -0.4 is 5.32 Å². The van der Waals surface area contributed by atoms with Crippen molar-refractivity contribution in [2.45, 2.75) is 12.8 Å². The number of piperidine rings is 1. The normalized spacial score (nSPS) is 16.1.